The first-order chi connectivity index (χ1) is 14.1. The number of alkyl halides is 2. The number of carbonyl (C=O) groups is 1. The quantitative estimate of drug-likeness (QED) is 0.702. The molecule has 0 aliphatic carbocycles. The number of aryl methyl sites for hydroxylation is 1. The topological polar surface area (TPSA) is 86.7 Å². The number of nitrogens with zero attached hydrogens (tertiary/aromatic N) is 5. The van der Waals surface area contributed by atoms with Crippen molar-refractivity contribution >= 4 is 27.5 Å². The van der Waals surface area contributed by atoms with Crippen molar-refractivity contribution in [3.05, 3.63) is 41.6 Å². The van der Waals surface area contributed by atoms with Gasteiger partial charge in [-0.15, -0.1) is 0 Å². The van der Waals surface area contributed by atoms with E-state index in [1.807, 2.05) is 36.9 Å². The van der Waals surface area contributed by atoms with Gasteiger partial charge in [-0.1, -0.05) is 12.1 Å². The molecule has 11 heteroatoms. The molecule has 1 fully saturated rings. The molecule has 2 aromatic rings. The Morgan fingerprint density at radius 2 is 1.73 bits per heavy atom. The zero-order valence-corrected chi connectivity index (χ0v) is 17.7. The largest absolute Gasteiger partial charge is 0.363 e. The fourth-order valence-electron chi connectivity index (χ4n) is 3.17. The molecule has 0 atom stereocenters. The van der Waals surface area contributed by atoms with Crippen LogP contribution in [0.3, 0.4) is 0 Å². The molecule has 2 heterocycles. The van der Waals surface area contributed by atoms with Gasteiger partial charge in [0.15, 0.2) is 0 Å². The Kier molecular flexibility index (Phi) is 6.20. The van der Waals surface area contributed by atoms with Gasteiger partial charge in [0.1, 0.15) is 5.82 Å². The molecule has 0 unspecified atom stereocenters. The van der Waals surface area contributed by atoms with Crippen molar-refractivity contribution in [2.45, 2.75) is 17.6 Å². The summed E-state index contributed by atoms with van der Waals surface area (Å²) in [6, 6.07) is 6.94. The standard InChI is InChI=1S/C19H23F2N5O3S/c1-13-12-16(24(2)3)23-19(22-13)26-10-8-25(9-11-26)17(27)14-6-4-5-7-15(14)30(28,29)18(20)21/h4-7,12,18H,8-11H2,1-3H3. The van der Waals surface area contributed by atoms with Gasteiger partial charge in [-0.25, -0.2) is 13.4 Å². The molecule has 162 valence electrons. The minimum Gasteiger partial charge on any atom is -0.363 e. The normalized spacial score (nSPS) is 14.9. The van der Waals surface area contributed by atoms with E-state index < -0.39 is 26.4 Å². The number of sulfone groups is 1. The maximum atomic E-state index is 13.0. The molecule has 0 bridgehead atoms. The van der Waals surface area contributed by atoms with Crippen LogP contribution in [0.5, 0.6) is 0 Å². The summed E-state index contributed by atoms with van der Waals surface area (Å²) in [5, 5.41) is 0. The van der Waals surface area contributed by atoms with Crippen molar-refractivity contribution in [3.8, 4) is 0 Å². The smallest absolute Gasteiger partial charge is 0.341 e. The average Bonchev–Trinajstić information content (AvgIpc) is 2.72. The molecular weight excluding hydrogens is 416 g/mol. The third kappa shape index (κ3) is 4.35. The van der Waals surface area contributed by atoms with Crippen molar-refractivity contribution in [3.63, 3.8) is 0 Å². The number of halogens is 2. The molecule has 0 saturated carbocycles. The second-order valence-electron chi connectivity index (χ2n) is 7.14. The Hall–Kier alpha value is -2.82. The van der Waals surface area contributed by atoms with Gasteiger partial charge in [-0.3, -0.25) is 4.79 Å². The van der Waals surface area contributed by atoms with Crippen LogP contribution in [0.4, 0.5) is 20.5 Å². The van der Waals surface area contributed by atoms with Gasteiger partial charge in [-0.2, -0.15) is 13.8 Å². The van der Waals surface area contributed by atoms with Crippen LogP contribution in [-0.2, 0) is 9.84 Å². The fourth-order valence-corrected chi connectivity index (χ4v) is 4.10. The Labute approximate surface area is 174 Å². The highest BCUT2D eigenvalue weighted by molar-refractivity contribution is 7.91. The molecule has 0 spiro atoms. The van der Waals surface area contributed by atoms with E-state index in [0.717, 1.165) is 17.6 Å². The number of anilines is 2. The van der Waals surface area contributed by atoms with Crippen LogP contribution in [0.1, 0.15) is 16.1 Å². The number of piperazine rings is 1. The van der Waals surface area contributed by atoms with Gasteiger partial charge >= 0.3 is 5.76 Å². The van der Waals surface area contributed by atoms with Crippen LogP contribution < -0.4 is 9.80 Å². The molecule has 1 amide bonds. The van der Waals surface area contributed by atoms with E-state index >= 15 is 0 Å². The van der Waals surface area contributed by atoms with Crippen LogP contribution >= 0.6 is 0 Å². The molecule has 1 aliphatic heterocycles. The first-order valence-electron chi connectivity index (χ1n) is 9.29. The van der Waals surface area contributed by atoms with E-state index in [9.17, 15) is 22.0 Å². The monoisotopic (exact) mass is 439 g/mol. The summed E-state index contributed by atoms with van der Waals surface area (Å²) in [5.74, 6) is -2.87. The highest BCUT2D eigenvalue weighted by atomic mass is 32.2. The molecular formula is C19H23F2N5O3S. The summed E-state index contributed by atoms with van der Waals surface area (Å²) < 4.78 is 49.9. The average molecular weight is 439 g/mol. The van der Waals surface area contributed by atoms with Gasteiger partial charge in [0, 0.05) is 52.0 Å². The van der Waals surface area contributed by atoms with Crippen LogP contribution in [0.25, 0.3) is 0 Å². The van der Waals surface area contributed by atoms with Gasteiger partial charge in [-0.05, 0) is 19.1 Å². The highest BCUT2D eigenvalue weighted by Gasteiger charge is 2.33. The maximum absolute atomic E-state index is 13.0. The zero-order chi connectivity index (χ0) is 22.1. The number of hydrogen-bond donors (Lipinski definition) is 0. The fraction of sp³-hybridized carbons (Fsp3) is 0.421. The lowest BCUT2D eigenvalue weighted by Gasteiger charge is -2.35. The van der Waals surface area contributed by atoms with Crippen LogP contribution in [0.2, 0.25) is 0 Å². The summed E-state index contributed by atoms with van der Waals surface area (Å²) in [6.07, 6.45) is 0. The molecule has 1 aliphatic rings. The van der Waals surface area contributed by atoms with Crippen LogP contribution in [0, 0.1) is 6.92 Å². The number of amides is 1. The van der Waals surface area contributed by atoms with Gasteiger partial charge in [0.2, 0.25) is 15.8 Å². The lowest BCUT2D eigenvalue weighted by atomic mass is 10.2. The molecule has 1 saturated heterocycles. The molecule has 30 heavy (non-hydrogen) atoms. The van der Waals surface area contributed by atoms with E-state index in [-0.39, 0.29) is 18.7 Å². The van der Waals surface area contributed by atoms with Crippen molar-refractivity contribution in [1.29, 1.82) is 0 Å². The number of aromatic nitrogens is 2. The third-order valence-corrected chi connectivity index (χ3v) is 6.23. The van der Waals surface area contributed by atoms with Gasteiger partial charge in [0.05, 0.1) is 10.5 Å². The molecule has 0 radical (unpaired) electrons. The Morgan fingerprint density at radius 1 is 1.10 bits per heavy atom. The number of rotatable bonds is 5. The van der Waals surface area contributed by atoms with Crippen molar-refractivity contribution < 1.29 is 22.0 Å². The minimum atomic E-state index is -4.88. The number of hydrogen-bond acceptors (Lipinski definition) is 7. The molecule has 1 aromatic heterocycles. The SMILES string of the molecule is Cc1cc(N(C)C)nc(N2CCN(C(=O)c3ccccc3S(=O)(=O)C(F)F)CC2)n1. The van der Waals surface area contributed by atoms with Crippen LogP contribution in [-0.4, -0.2) is 75.2 Å². The van der Waals surface area contributed by atoms with E-state index in [0.29, 0.717) is 19.0 Å². The molecule has 3 rings (SSSR count). The van der Waals surface area contributed by atoms with Gasteiger partial charge in [0.25, 0.3) is 5.91 Å². The summed E-state index contributed by atoms with van der Waals surface area (Å²) >= 11 is 0. The number of carbonyl (C=O) groups excluding carboxylic acids is 1. The minimum absolute atomic E-state index is 0.243. The molecule has 1 aromatic carbocycles. The second-order valence-corrected chi connectivity index (χ2v) is 9.03. The van der Waals surface area contributed by atoms with Crippen molar-refractivity contribution in [2.24, 2.45) is 0 Å². The van der Waals surface area contributed by atoms with E-state index in [1.165, 1.54) is 23.1 Å². The number of benzene rings is 1. The zero-order valence-electron chi connectivity index (χ0n) is 16.9. The highest BCUT2D eigenvalue weighted by Crippen LogP contribution is 2.24. The third-order valence-electron chi connectivity index (χ3n) is 4.80. The van der Waals surface area contributed by atoms with Gasteiger partial charge < -0.3 is 14.7 Å². The van der Waals surface area contributed by atoms with E-state index in [4.69, 9.17) is 0 Å². The molecule has 8 nitrogen and oxygen atoms in total. The van der Waals surface area contributed by atoms with Crippen molar-refractivity contribution in [1.82, 2.24) is 14.9 Å². The maximum Gasteiger partial charge on any atom is 0.341 e. The Balaban J connectivity index is 1.78. The first kappa shape index (κ1) is 21.9. The predicted molar refractivity (Wildman–Crippen MR) is 109 cm³/mol. The first-order valence-corrected chi connectivity index (χ1v) is 10.8. The summed E-state index contributed by atoms with van der Waals surface area (Å²) in [4.78, 5) is 26.5. The summed E-state index contributed by atoms with van der Waals surface area (Å²) in [7, 11) is -1.11. The Bertz CT molecular complexity index is 1040. The molecule has 0 N–H and O–H groups in total. The van der Waals surface area contributed by atoms with E-state index in [1.54, 1.807) is 0 Å². The lowest BCUT2D eigenvalue weighted by molar-refractivity contribution is 0.0742. The summed E-state index contributed by atoms with van der Waals surface area (Å²) in [5.41, 5.74) is 0.571. The van der Waals surface area contributed by atoms with Crippen LogP contribution in [0.15, 0.2) is 35.2 Å². The lowest BCUT2D eigenvalue weighted by Crippen LogP contribution is -2.49. The van der Waals surface area contributed by atoms with E-state index in [2.05, 4.69) is 9.97 Å². The second kappa shape index (κ2) is 8.50. The predicted octanol–water partition coefficient (Wildman–Crippen LogP) is 1.81. The summed E-state index contributed by atoms with van der Waals surface area (Å²) in [6.45, 7) is 3.32. The Morgan fingerprint density at radius 3 is 2.33 bits per heavy atom. The van der Waals surface area contributed by atoms with Crippen molar-refractivity contribution in [2.75, 3.05) is 50.1 Å².